The average Bonchev–Trinajstić information content (AvgIpc) is 3.15. The van der Waals surface area contributed by atoms with Crippen molar-refractivity contribution >= 4 is 28.0 Å². The Kier molecular flexibility index (Phi) is 4.35. The average molecular weight is 349 g/mol. The maximum atomic E-state index is 11.3. The monoisotopic (exact) mass is 349 g/mol. The van der Waals surface area contributed by atoms with E-state index in [0.29, 0.717) is 11.3 Å². The van der Waals surface area contributed by atoms with E-state index in [1.807, 2.05) is 30.3 Å². The summed E-state index contributed by atoms with van der Waals surface area (Å²) in [6.07, 6.45) is 6.11. The molecule has 0 radical (unpaired) electrons. The lowest BCUT2D eigenvalue weighted by Crippen LogP contribution is -2.22. The van der Waals surface area contributed by atoms with Crippen LogP contribution in [0.2, 0.25) is 0 Å². The Morgan fingerprint density at radius 2 is 2.12 bits per heavy atom. The molecular formula is C19H19N5O2. The Hall–Kier alpha value is -3.22. The molecule has 0 amide bonds. The summed E-state index contributed by atoms with van der Waals surface area (Å²) in [5, 5.41) is 16.1. The first-order valence-electron chi connectivity index (χ1n) is 8.63. The zero-order chi connectivity index (χ0) is 17.9. The highest BCUT2D eigenvalue weighted by Crippen LogP contribution is 2.35. The maximum absolute atomic E-state index is 11.3. The van der Waals surface area contributed by atoms with Gasteiger partial charge in [0.25, 0.3) is 5.69 Å². The third-order valence-corrected chi connectivity index (χ3v) is 4.83. The van der Waals surface area contributed by atoms with E-state index in [9.17, 15) is 10.1 Å². The number of fused-ring (bicyclic) bond motifs is 1. The predicted octanol–water partition coefficient (Wildman–Crippen LogP) is 3.48. The quantitative estimate of drug-likeness (QED) is 0.561. The van der Waals surface area contributed by atoms with Gasteiger partial charge in [-0.2, -0.15) is 0 Å². The Balaban J connectivity index is 1.52. The third kappa shape index (κ3) is 3.15. The molecule has 0 spiro atoms. The van der Waals surface area contributed by atoms with Crippen LogP contribution in [0.25, 0.3) is 10.8 Å². The first-order valence-corrected chi connectivity index (χ1v) is 8.63. The summed E-state index contributed by atoms with van der Waals surface area (Å²) >= 11 is 0. The van der Waals surface area contributed by atoms with E-state index >= 15 is 0 Å². The molecule has 1 aliphatic heterocycles. The summed E-state index contributed by atoms with van der Waals surface area (Å²) in [5.74, 6) is 1.39. The minimum absolute atomic E-state index is 0.101. The number of nitro groups is 1. The van der Waals surface area contributed by atoms with Crippen LogP contribution in [-0.4, -0.2) is 34.5 Å². The summed E-state index contributed by atoms with van der Waals surface area (Å²) in [6.45, 7) is 2.71. The van der Waals surface area contributed by atoms with E-state index in [1.165, 1.54) is 0 Å². The molecule has 1 aliphatic rings. The summed E-state index contributed by atoms with van der Waals surface area (Å²) in [5.41, 5.74) is 1.14. The molecule has 1 N–H and O–H groups in total. The van der Waals surface area contributed by atoms with Gasteiger partial charge >= 0.3 is 0 Å². The van der Waals surface area contributed by atoms with Gasteiger partial charge in [-0.25, -0.2) is 4.98 Å². The number of pyridine rings is 2. The largest absolute Gasteiger partial charge is 0.371 e. The van der Waals surface area contributed by atoms with Crippen molar-refractivity contribution in [2.24, 2.45) is 5.92 Å². The van der Waals surface area contributed by atoms with Crippen LogP contribution < -0.4 is 10.2 Å². The Morgan fingerprint density at radius 3 is 2.92 bits per heavy atom. The number of hydrogen-bond donors (Lipinski definition) is 1. The van der Waals surface area contributed by atoms with Crippen molar-refractivity contribution in [1.29, 1.82) is 0 Å². The van der Waals surface area contributed by atoms with Crippen molar-refractivity contribution in [2.75, 3.05) is 29.9 Å². The van der Waals surface area contributed by atoms with E-state index in [-0.39, 0.29) is 10.6 Å². The van der Waals surface area contributed by atoms with E-state index in [1.54, 1.807) is 24.7 Å². The fourth-order valence-electron chi connectivity index (χ4n) is 3.53. The van der Waals surface area contributed by atoms with Gasteiger partial charge in [0.15, 0.2) is 0 Å². The van der Waals surface area contributed by atoms with Gasteiger partial charge in [0, 0.05) is 55.4 Å². The van der Waals surface area contributed by atoms with E-state index in [2.05, 4.69) is 20.2 Å². The van der Waals surface area contributed by atoms with E-state index < -0.39 is 0 Å². The number of aromatic nitrogens is 2. The van der Waals surface area contributed by atoms with Crippen LogP contribution in [0, 0.1) is 16.0 Å². The second-order valence-corrected chi connectivity index (χ2v) is 6.48. The summed E-state index contributed by atoms with van der Waals surface area (Å²) in [4.78, 5) is 21.6. The van der Waals surface area contributed by atoms with Crippen LogP contribution in [0.1, 0.15) is 6.42 Å². The molecule has 1 fully saturated rings. The number of hydrogen-bond acceptors (Lipinski definition) is 6. The molecule has 132 valence electrons. The van der Waals surface area contributed by atoms with Crippen molar-refractivity contribution < 1.29 is 4.92 Å². The zero-order valence-electron chi connectivity index (χ0n) is 14.2. The topological polar surface area (TPSA) is 84.2 Å². The van der Waals surface area contributed by atoms with Gasteiger partial charge in [-0.15, -0.1) is 0 Å². The van der Waals surface area contributed by atoms with Crippen molar-refractivity contribution in [3.63, 3.8) is 0 Å². The second-order valence-electron chi connectivity index (χ2n) is 6.48. The van der Waals surface area contributed by atoms with Crippen LogP contribution in [0.5, 0.6) is 0 Å². The molecule has 26 heavy (non-hydrogen) atoms. The van der Waals surface area contributed by atoms with Gasteiger partial charge in [0.05, 0.1) is 10.3 Å². The smallest absolute Gasteiger partial charge is 0.278 e. The van der Waals surface area contributed by atoms with Crippen molar-refractivity contribution in [3.8, 4) is 0 Å². The highest BCUT2D eigenvalue weighted by atomic mass is 16.6. The highest BCUT2D eigenvalue weighted by molar-refractivity contribution is 5.99. The van der Waals surface area contributed by atoms with Gasteiger partial charge in [0.2, 0.25) is 0 Å². The van der Waals surface area contributed by atoms with Crippen molar-refractivity contribution in [1.82, 2.24) is 9.97 Å². The van der Waals surface area contributed by atoms with Gasteiger partial charge in [-0.1, -0.05) is 6.07 Å². The summed E-state index contributed by atoms with van der Waals surface area (Å²) in [6, 6.07) is 11.1. The summed E-state index contributed by atoms with van der Waals surface area (Å²) < 4.78 is 0. The molecule has 0 bridgehead atoms. The number of anilines is 2. The molecule has 0 saturated carbocycles. The van der Waals surface area contributed by atoms with Gasteiger partial charge in [-0.05, 0) is 36.6 Å². The first-order chi connectivity index (χ1) is 12.7. The van der Waals surface area contributed by atoms with Crippen LogP contribution in [0.4, 0.5) is 17.2 Å². The maximum Gasteiger partial charge on any atom is 0.278 e. The van der Waals surface area contributed by atoms with Gasteiger partial charge < -0.3 is 10.2 Å². The molecule has 7 nitrogen and oxygen atoms in total. The Morgan fingerprint density at radius 1 is 1.19 bits per heavy atom. The number of nitrogens with zero attached hydrogens (tertiary/aromatic N) is 4. The molecule has 1 saturated heterocycles. The van der Waals surface area contributed by atoms with Crippen molar-refractivity contribution in [3.05, 3.63) is 65.1 Å². The second kappa shape index (κ2) is 6.95. The summed E-state index contributed by atoms with van der Waals surface area (Å²) in [7, 11) is 0. The highest BCUT2D eigenvalue weighted by Gasteiger charge is 2.25. The van der Waals surface area contributed by atoms with Gasteiger partial charge in [-0.3, -0.25) is 15.1 Å². The molecule has 0 unspecified atom stereocenters. The number of rotatable bonds is 5. The van der Waals surface area contributed by atoms with E-state index in [4.69, 9.17) is 0 Å². The number of benzene rings is 1. The van der Waals surface area contributed by atoms with E-state index in [0.717, 1.165) is 42.9 Å². The normalized spacial score (nSPS) is 16.8. The minimum atomic E-state index is -0.350. The molecule has 4 rings (SSSR count). The molecule has 3 aromatic rings. The predicted molar refractivity (Wildman–Crippen MR) is 101 cm³/mol. The molecule has 7 heteroatoms. The van der Waals surface area contributed by atoms with Crippen LogP contribution in [0.15, 0.2) is 55.0 Å². The number of nitrogens with one attached hydrogen (secondary N) is 1. The molecule has 3 heterocycles. The Bertz CT molecular complexity index is 932. The zero-order valence-corrected chi connectivity index (χ0v) is 14.2. The standard InChI is InChI=1S/C19H19N5O2/c25-24(26)18-5-4-17(15-6-9-20-12-16(15)18)23-10-7-14(13-23)11-22-19-3-1-2-8-21-19/h1-6,8-9,12,14H,7,10-11,13H2,(H,21,22)/t14-/m1/s1. The first kappa shape index (κ1) is 16.3. The van der Waals surface area contributed by atoms with Crippen molar-refractivity contribution in [2.45, 2.75) is 6.42 Å². The van der Waals surface area contributed by atoms with Gasteiger partial charge in [0.1, 0.15) is 5.82 Å². The molecule has 0 aliphatic carbocycles. The lowest BCUT2D eigenvalue weighted by atomic mass is 10.1. The fourth-order valence-corrected chi connectivity index (χ4v) is 3.53. The lowest BCUT2D eigenvalue weighted by Gasteiger charge is -2.21. The fraction of sp³-hybridized carbons (Fsp3) is 0.263. The minimum Gasteiger partial charge on any atom is -0.371 e. The molecule has 1 atom stereocenters. The van der Waals surface area contributed by atoms with Crippen LogP contribution >= 0.6 is 0 Å². The molecule has 1 aromatic carbocycles. The third-order valence-electron chi connectivity index (χ3n) is 4.83. The van der Waals surface area contributed by atoms with Crippen LogP contribution in [0.3, 0.4) is 0 Å². The van der Waals surface area contributed by atoms with Crippen LogP contribution in [-0.2, 0) is 0 Å². The molecule has 2 aromatic heterocycles. The SMILES string of the molecule is O=[N+]([O-])c1ccc(N2CC[C@H](CNc3ccccn3)C2)c2ccncc12. The number of nitro benzene ring substituents is 1. The molecular weight excluding hydrogens is 330 g/mol. The number of non-ortho nitro benzene ring substituents is 1. The Labute approximate surface area is 150 Å². The lowest BCUT2D eigenvalue weighted by molar-refractivity contribution is -0.383.